The molecule has 0 spiro atoms. The molecule has 0 saturated carbocycles. The highest BCUT2D eigenvalue weighted by molar-refractivity contribution is 7.90. The zero-order valence-electron chi connectivity index (χ0n) is 11.0. The van der Waals surface area contributed by atoms with Gasteiger partial charge < -0.3 is 0 Å². The van der Waals surface area contributed by atoms with Crippen molar-refractivity contribution < 1.29 is 8.42 Å². The number of nitrogens with zero attached hydrogens (tertiary/aromatic N) is 1. The fourth-order valence-electron chi connectivity index (χ4n) is 1.46. The molecular weight excluding hydrogens is 236 g/mol. The number of rotatable bonds is 3. The third kappa shape index (κ3) is 3.44. The number of anilines is 1. The smallest absolute Gasteiger partial charge is 0.271 e. The number of para-hydroxylation sites is 1. The second-order valence-electron chi connectivity index (χ2n) is 5.19. The Morgan fingerprint density at radius 1 is 1.12 bits per heavy atom. The van der Waals surface area contributed by atoms with Crippen molar-refractivity contribution in [3.8, 4) is 0 Å². The predicted octanol–water partition coefficient (Wildman–Crippen LogP) is 2.20. The lowest BCUT2D eigenvalue weighted by Gasteiger charge is -2.24. The summed E-state index contributed by atoms with van der Waals surface area (Å²) in [6, 6.07) is 7.45. The van der Waals surface area contributed by atoms with E-state index in [1.54, 1.807) is 6.07 Å². The lowest BCUT2D eigenvalue weighted by atomic mass is 9.86. The van der Waals surface area contributed by atoms with Gasteiger partial charge in [-0.15, -0.1) is 0 Å². The van der Waals surface area contributed by atoms with Crippen LogP contribution in [0.5, 0.6) is 0 Å². The van der Waals surface area contributed by atoms with Gasteiger partial charge in [0.15, 0.2) is 0 Å². The van der Waals surface area contributed by atoms with Gasteiger partial charge in [0.2, 0.25) is 0 Å². The molecule has 0 saturated heterocycles. The zero-order valence-corrected chi connectivity index (χ0v) is 11.8. The molecule has 0 radical (unpaired) electrons. The van der Waals surface area contributed by atoms with Crippen molar-refractivity contribution in [3.05, 3.63) is 29.8 Å². The van der Waals surface area contributed by atoms with Gasteiger partial charge in [0.05, 0.1) is 5.69 Å². The monoisotopic (exact) mass is 256 g/mol. The second-order valence-corrected chi connectivity index (χ2v) is 7.07. The lowest BCUT2D eigenvalue weighted by molar-refractivity contribution is 0.526. The second kappa shape index (κ2) is 4.66. The number of nitrogens with one attached hydrogen (secondary N) is 1. The summed E-state index contributed by atoms with van der Waals surface area (Å²) in [6.07, 6.45) is 0. The highest BCUT2D eigenvalue weighted by Gasteiger charge is 2.21. The van der Waals surface area contributed by atoms with Crippen molar-refractivity contribution in [2.45, 2.75) is 26.2 Å². The van der Waals surface area contributed by atoms with Gasteiger partial charge in [0.25, 0.3) is 0 Å². The largest absolute Gasteiger partial charge is 0.301 e. The molecule has 1 rings (SSSR count). The Morgan fingerprint density at radius 3 is 2.12 bits per heavy atom. The molecule has 0 unspecified atom stereocenters. The molecule has 0 atom stereocenters. The Hall–Kier alpha value is -1.07. The van der Waals surface area contributed by atoms with E-state index in [0.29, 0.717) is 5.69 Å². The summed E-state index contributed by atoms with van der Waals surface area (Å²) in [6.45, 7) is 6.15. The van der Waals surface area contributed by atoms with Crippen molar-refractivity contribution in [3.63, 3.8) is 0 Å². The van der Waals surface area contributed by atoms with E-state index in [-0.39, 0.29) is 5.41 Å². The maximum absolute atomic E-state index is 11.8. The van der Waals surface area contributed by atoms with Crippen LogP contribution in [-0.2, 0) is 15.6 Å². The lowest BCUT2D eigenvalue weighted by Crippen LogP contribution is -2.30. The summed E-state index contributed by atoms with van der Waals surface area (Å²) in [5.41, 5.74) is 1.50. The predicted molar refractivity (Wildman–Crippen MR) is 71.4 cm³/mol. The van der Waals surface area contributed by atoms with Crippen molar-refractivity contribution in [1.29, 1.82) is 0 Å². The van der Waals surface area contributed by atoms with Gasteiger partial charge in [-0.25, -0.2) is 0 Å². The van der Waals surface area contributed by atoms with Gasteiger partial charge in [0, 0.05) is 14.1 Å². The van der Waals surface area contributed by atoms with Crippen LogP contribution >= 0.6 is 0 Å². The van der Waals surface area contributed by atoms with E-state index >= 15 is 0 Å². The minimum Gasteiger partial charge on any atom is -0.271 e. The molecule has 0 aliphatic carbocycles. The Balaban J connectivity index is 3.17. The quantitative estimate of drug-likeness (QED) is 0.901. The molecule has 0 aliphatic rings. The van der Waals surface area contributed by atoms with E-state index in [0.717, 1.165) is 9.87 Å². The highest BCUT2D eigenvalue weighted by Crippen LogP contribution is 2.29. The molecule has 0 aliphatic heterocycles. The molecule has 96 valence electrons. The van der Waals surface area contributed by atoms with Gasteiger partial charge in [-0.3, -0.25) is 4.72 Å². The van der Waals surface area contributed by atoms with E-state index in [1.807, 2.05) is 18.2 Å². The first-order chi connectivity index (χ1) is 7.64. The summed E-state index contributed by atoms with van der Waals surface area (Å²) in [5.74, 6) is 0. The van der Waals surface area contributed by atoms with Gasteiger partial charge >= 0.3 is 10.2 Å². The van der Waals surface area contributed by atoms with Crippen LogP contribution < -0.4 is 4.72 Å². The SMILES string of the molecule is CN(C)S(=O)(=O)Nc1ccccc1C(C)(C)C. The van der Waals surface area contributed by atoms with Crippen LogP contribution in [0.4, 0.5) is 5.69 Å². The highest BCUT2D eigenvalue weighted by atomic mass is 32.2. The minimum absolute atomic E-state index is 0.106. The first-order valence-corrected chi connectivity index (χ1v) is 6.88. The van der Waals surface area contributed by atoms with Crippen LogP contribution in [0.25, 0.3) is 0 Å². The van der Waals surface area contributed by atoms with Crippen LogP contribution in [0, 0.1) is 0 Å². The summed E-state index contributed by atoms with van der Waals surface area (Å²) in [4.78, 5) is 0. The summed E-state index contributed by atoms with van der Waals surface area (Å²) in [7, 11) is -0.447. The van der Waals surface area contributed by atoms with Gasteiger partial charge in [0.1, 0.15) is 0 Å². The molecule has 5 heteroatoms. The van der Waals surface area contributed by atoms with E-state index in [4.69, 9.17) is 0 Å². The van der Waals surface area contributed by atoms with Crippen LogP contribution in [0.3, 0.4) is 0 Å². The molecule has 17 heavy (non-hydrogen) atoms. The normalized spacial score (nSPS) is 12.8. The maximum Gasteiger partial charge on any atom is 0.301 e. The molecule has 1 N–H and O–H groups in total. The van der Waals surface area contributed by atoms with E-state index in [2.05, 4.69) is 25.5 Å². The van der Waals surface area contributed by atoms with Gasteiger partial charge in [-0.1, -0.05) is 39.0 Å². The first kappa shape index (κ1) is 14.0. The molecule has 0 fully saturated rings. The minimum atomic E-state index is -3.45. The third-order valence-electron chi connectivity index (χ3n) is 2.45. The molecule has 1 aromatic carbocycles. The molecular formula is C12H20N2O2S. The number of hydrogen-bond acceptors (Lipinski definition) is 2. The number of benzene rings is 1. The summed E-state index contributed by atoms with van der Waals surface area (Å²) >= 11 is 0. The average molecular weight is 256 g/mol. The number of hydrogen-bond donors (Lipinski definition) is 1. The van der Waals surface area contributed by atoms with Crippen molar-refractivity contribution in [2.75, 3.05) is 18.8 Å². The topological polar surface area (TPSA) is 49.4 Å². The van der Waals surface area contributed by atoms with Crippen LogP contribution in [-0.4, -0.2) is 26.8 Å². The van der Waals surface area contributed by atoms with Crippen LogP contribution in [0.1, 0.15) is 26.3 Å². The Labute approximate surface area is 104 Å². The summed E-state index contributed by atoms with van der Waals surface area (Å²) in [5, 5.41) is 0. The van der Waals surface area contributed by atoms with Crippen molar-refractivity contribution in [2.24, 2.45) is 0 Å². The average Bonchev–Trinajstić information content (AvgIpc) is 2.15. The third-order valence-corrected chi connectivity index (χ3v) is 3.89. The fourth-order valence-corrected chi connectivity index (χ4v) is 2.09. The van der Waals surface area contributed by atoms with E-state index < -0.39 is 10.2 Å². The Kier molecular flexibility index (Phi) is 3.84. The summed E-state index contributed by atoms with van der Waals surface area (Å²) < 4.78 is 27.3. The fraction of sp³-hybridized carbons (Fsp3) is 0.500. The molecule has 4 nitrogen and oxygen atoms in total. The van der Waals surface area contributed by atoms with E-state index in [1.165, 1.54) is 14.1 Å². The standard InChI is InChI=1S/C12H20N2O2S/c1-12(2,3)10-8-6-7-9-11(10)13-17(15,16)14(4)5/h6-9,13H,1-5H3. The Bertz CT molecular complexity index is 487. The van der Waals surface area contributed by atoms with Crippen molar-refractivity contribution in [1.82, 2.24) is 4.31 Å². The van der Waals surface area contributed by atoms with Crippen LogP contribution in [0.15, 0.2) is 24.3 Å². The molecule has 0 bridgehead atoms. The molecule has 0 heterocycles. The maximum atomic E-state index is 11.8. The van der Waals surface area contributed by atoms with Crippen LogP contribution in [0.2, 0.25) is 0 Å². The first-order valence-electron chi connectivity index (χ1n) is 5.44. The molecule has 0 amide bonds. The van der Waals surface area contributed by atoms with Gasteiger partial charge in [-0.05, 0) is 17.0 Å². The van der Waals surface area contributed by atoms with Crippen molar-refractivity contribution >= 4 is 15.9 Å². The van der Waals surface area contributed by atoms with Gasteiger partial charge in [-0.2, -0.15) is 12.7 Å². The zero-order chi connectivity index (χ0) is 13.3. The Morgan fingerprint density at radius 2 is 1.65 bits per heavy atom. The molecule has 1 aromatic rings. The van der Waals surface area contributed by atoms with E-state index in [9.17, 15) is 8.42 Å². The molecule has 0 aromatic heterocycles.